The van der Waals surface area contributed by atoms with Crippen LogP contribution in [0.1, 0.15) is 19.3 Å². The first-order valence-corrected chi connectivity index (χ1v) is 6.37. The molecule has 2 unspecified atom stereocenters. The van der Waals surface area contributed by atoms with E-state index in [-0.39, 0.29) is 5.54 Å². The molecule has 94 valence electrons. The van der Waals surface area contributed by atoms with E-state index in [0.717, 1.165) is 19.6 Å². The Hall–Kier alpha value is -0.160. The summed E-state index contributed by atoms with van der Waals surface area (Å²) in [5.74, 6) is 0. The summed E-state index contributed by atoms with van der Waals surface area (Å²) in [5, 5.41) is 0. The number of nitrogens with two attached hydrogens (primary N) is 1. The van der Waals surface area contributed by atoms with Gasteiger partial charge in [-0.15, -0.1) is 0 Å². The predicted molar refractivity (Wildman–Crippen MR) is 65.5 cm³/mol. The molecule has 0 aromatic heterocycles. The molecule has 2 N–H and O–H groups in total. The van der Waals surface area contributed by atoms with Crippen molar-refractivity contribution in [3.63, 3.8) is 0 Å². The van der Waals surface area contributed by atoms with Crippen LogP contribution in [0.15, 0.2) is 0 Å². The highest BCUT2D eigenvalue weighted by Crippen LogP contribution is 2.29. The molecule has 0 aromatic rings. The lowest BCUT2D eigenvalue weighted by atomic mass is 9.92. The second-order valence-electron chi connectivity index (χ2n) is 5.36. The fraction of sp³-hybridized carbons (Fsp3) is 1.00. The average Bonchev–Trinajstić information content (AvgIpc) is 2.72. The predicted octanol–water partition coefficient (Wildman–Crippen LogP) is 0.130. The molecule has 0 bridgehead atoms. The molecule has 2 aliphatic rings. The summed E-state index contributed by atoms with van der Waals surface area (Å²) < 4.78 is 5.50. The minimum Gasteiger partial charge on any atom is -0.380 e. The van der Waals surface area contributed by atoms with Crippen LogP contribution < -0.4 is 5.73 Å². The van der Waals surface area contributed by atoms with E-state index >= 15 is 0 Å². The second kappa shape index (κ2) is 5.00. The number of hydrogen-bond donors (Lipinski definition) is 1. The smallest absolute Gasteiger partial charge is 0.0698 e. The van der Waals surface area contributed by atoms with Crippen LogP contribution in [0.3, 0.4) is 0 Å². The molecular formula is C12H25N3O. The van der Waals surface area contributed by atoms with Crippen molar-refractivity contribution in [2.24, 2.45) is 5.73 Å². The standard InChI is InChI=1S/C12H25N3O/c1-14-7-5-12(9-13,10-14)15-6-3-4-11(8-15)16-2/h11H,3-10,13H2,1-2H3. The van der Waals surface area contributed by atoms with E-state index < -0.39 is 0 Å². The van der Waals surface area contributed by atoms with Gasteiger partial charge < -0.3 is 15.4 Å². The van der Waals surface area contributed by atoms with E-state index in [1.54, 1.807) is 0 Å². The van der Waals surface area contributed by atoms with Crippen molar-refractivity contribution in [3.8, 4) is 0 Å². The first kappa shape index (κ1) is 12.3. The molecule has 0 amide bonds. The van der Waals surface area contributed by atoms with Crippen LogP contribution in [0.5, 0.6) is 0 Å². The van der Waals surface area contributed by atoms with Gasteiger partial charge in [0.25, 0.3) is 0 Å². The quantitative estimate of drug-likeness (QED) is 0.744. The Morgan fingerprint density at radius 1 is 1.44 bits per heavy atom. The molecule has 2 fully saturated rings. The van der Waals surface area contributed by atoms with Crippen LogP contribution >= 0.6 is 0 Å². The van der Waals surface area contributed by atoms with E-state index in [2.05, 4.69) is 16.8 Å². The first-order chi connectivity index (χ1) is 7.70. The maximum Gasteiger partial charge on any atom is 0.0698 e. The van der Waals surface area contributed by atoms with E-state index in [0.29, 0.717) is 6.10 Å². The number of methoxy groups -OCH3 is 1. The normalized spacial score (nSPS) is 38.1. The highest BCUT2D eigenvalue weighted by molar-refractivity contribution is 5.00. The lowest BCUT2D eigenvalue weighted by molar-refractivity contribution is -0.0135. The Labute approximate surface area is 98.7 Å². The van der Waals surface area contributed by atoms with Crippen molar-refractivity contribution in [3.05, 3.63) is 0 Å². The molecule has 2 rings (SSSR count). The zero-order valence-corrected chi connectivity index (χ0v) is 10.6. The van der Waals surface area contributed by atoms with Crippen molar-refractivity contribution < 1.29 is 4.74 Å². The fourth-order valence-corrected chi connectivity index (χ4v) is 3.17. The molecule has 0 saturated carbocycles. The van der Waals surface area contributed by atoms with Gasteiger partial charge in [-0.05, 0) is 39.4 Å². The Morgan fingerprint density at radius 2 is 2.25 bits per heavy atom. The maximum absolute atomic E-state index is 6.04. The third-order valence-corrected chi connectivity index (χ3v) is 4.29. The first-order valence-electron chi connectivity index (χ1n) is 6.37. The third kappa shape index (κ3) is 2.25. The van der Waals surface area contributed by atoms with Crippen molar-refractivity contribution in [2.75, 3.05) is 46.9 Å². The lowest BCUT2D eigenvalue weighted by Crippen LogP contribution is -2.59. The van der Waals surface area contributed by atoms with Gasteiger partial charge in [-0.1, -0.05) is 0 Å². The minimum absolute atomic E-state index is 0.214. The van der Waals surface area contributed by atoms with Crippen molar-refractivity contribution in [1.82, 2.24) is 9.80 Å². The summed E-state index contributed by atoms with van der Waals surface area (Å²) in [7, 11) is 4.01. The van der Waals surface area contributed by atoms with Gasteiger partial charge in [0.15, 0.2) is 0 Å². The van der Waals surface area contributed by atoms with Gasteiger partial charge in [-0.2, -0.15) is 0 Å². The summed E-state index contributed by atoms with van der Waals surface area (Å²) in [6.45, 7) is 5.30. The van der Waals surface area contributed by atoms with Crippen molar-refractivity contribution in [1.29, 1.82) is 0 Å². The number of rotatable bonds is 3. The van der Waals surface area contributed by atoms with Crippen molar-refractivity contribution >= 4 is 0 Å². The van der Waals surface area contributed by atoms with Gasteiger partial charge in [-0.25, -0.2) is 0 Å². The van der Waals surface area contributed by atoms with E-state index in [9.17, 15) is 0 Å². The molecule has 16 heavy (non-hydrogen) atoms. The zero-order valence-electron chi connectivity index (χ0n) is 10.6. The Kier molecular flexibility index (Phi) is 3.85. The van der Waals surface area contributed by atoms with Gasteiger partial charge in [0.1, 0.15) is 0 Å². The van der Waals surface area contributed by atoms with E-state index in [1.807, 2.05) is 7.11 Å². The molecule has 4 nitrogen and oxygen atoms in total. The fourth-order valence-electron chi connectivity index (χ4n) is 3.17. The number of likely N-dealkylation sites (N-methyl/N-ethyl adjacent to an activating group) is 1. The van der Waals surface area contributed by atoms with Crippen LogP contribution in [0.25, 0.3) is 0 Å². The number of nitrogens with zero attached hydrogens (tertiary/aromatic N) is 2. The Morgan fingerprint density at radius 3 is 2.81 bits per heavy atom. The molecule has 4 heteroatoms. The topological polar surface area (TPSA) is 41.7 Å². The SMILES string of the molecule is COC1CCCN(C2(CN)CCN(C)C2)C1. The summed E-state index contributed by atoms with van der Waals surface area (Å²) in [6, 6.07) is 0. The molecule has 0 spiro atoms. The molecule has 0 radical (unpaired) electrons. The van der Waals surface area contributed by atoms with Crippen LogP contribution in [0, 0.1) is 0 Å². The van der Waals surface area contributed by atoms with Gasteiger partial charge in [-0.3, -0.25) is 4.90 Å². The number of likely N-dealkylation sites (tertiary alicyclic amines) is 2. The molecule has 2 aliphatic heterocycles. The van der Waals surface area contributed by atoms with Gasteiger partial charge in [0.05, 0.1) is 6.10 Å². The van der Waals surface area contributed by atoms with Gasteiger partial charge in [0, 0.05) is 32.3 Å². The second-order valence-corrected chi connectivity index (χ2v) is 5.36. The van der Waals surface area contributed by atoms with Crippen LogP contribution in [-0.4, -0.2) is 68.3 Å². The highest BCUT2D eigenvalue weighted by atomic mass is 16.5. The van der Waals surface area contributed by atoms with Gasteiger partial charge in [0.2, 0.25) is 0 Å². The lowest BCUT2D eigenvalue weighted by Gasteiger charge is -2.44. The number of ether oxygens (including phenoxy) is 1. The Balaban J connectivity index is 2.03. The molecule has 2 heterocycles. The Bertz CT molecular complexity index is 236. The van der Waals surface area contributed by atoms with Gasteiger partial charge >= 0.3 is 0 Å². The summed E-state index contributed by atoms with van der Waals surface area (Å²) in [6.07, 6.45) is 4.05. The monoisotopic (exact) mass is 227 g/mol. The summed E-state index contributed by atoms with van der Waals surface area (Å²) in [5.41, 5.74) is 6.25. The zero-order chi connectivity index (χ0) is 11.6. The molecular weight excluding hydrogens is 202 g/mol. The molecule has 0 aliphatic carbocycles. The number of piperidine rings is 1. The van der Waals surface area contributed by atoms with Crippen LogP contribution in [0.4, 0.5) is 0 Å². The molecule has 2 saturated heterocycles. The minimum atomic E-state index is 0.214. The third-order valence-electron chi connectivity index (χ3n) is 4.29. The summed E-state index contributed by atoms with van der Waals surface area (Å²) >= 11 is 0. The summed E-state index contributed by atoms with van der Waals surface area (Å²) in [4.78, 5) is 4.97. The maximum atomic E-state index is 6.04. The molecule has 2 atom stereocenters. The highest BCUT2D eigenvalue weighted by Gasteiger charge is 2.42. The van der Waals surface area contributed by atoms with Crippen molar-refractivity contribution in [2.45, 2.75) is 30.9 Å². The van der Waals surface area contributed by atoms with E-state index in [4.69, 9.17) is 10.5 Å². The molecule has 0 aromatic carbocycles. The van der Waals surface area contributed by atoms with Crippen LogP contribution in [0.2, 0.25) is 0 Å². The average molecular weight is 227 g/mol. The van der Waals surface area contributed by atoms with Crippen LogP contribution in [-0.2, 0) is 4.74 Å². The number of hydrogen-bond acceptors (Lipinski definition) is 4. The largest absolute Gasteiger partial charge is 0.380 e. The van der Waals surface area contributed by atoms with E-state index in [1.165, 1.54) is 32.4 Å².